The number of aliphatic carboxylic acids is 1. The molecule has 1 saturated heterocycles. The first-order valence-corrected chi connectivity index (χ1v) is 6.98. The Morgan fingerprint density at radius 1 is 1.32 bits per heavy atom. The number of carboxylic acids is 1. The molecule has 0 aliphatic carbocycles. The molecule has 1 unspecified atom stereocenters. The molecule has 1 aliphatic rings. The molecule has 1 aliphatic heterocycles. The summed E-state index contributed by atoms with van der Waals surface area (Å²) in [7, 11) is 0. The molecular formula is C14H25NO4. The van der Waals surface area contributed by atoms with E-state index in [1.807, 2.05) is 18.7 Å². The van der Waals surface area contributed by atoms with E-state index in [9.17, 15) is 9.59 Å². The van der Waals surface area contributed by atoms with Gasteiger partial charge >= 0.3 is 5.97 Å². The van der Waals surface area contributed by atoms with Crippen LogP contribution in [-0.2, 0) is 9.59 Å². The molecule has 1 atom stereocenters. The maximum Gasteiger partial charge on any atom is 0.303 e. The summed E-state index contributed by atoms with van der Waals surface area (Å²) in [4.78, 5) is 24.9. The number of hydrogen-bond donors (Lipinski definition) is 2. The van der Waals surface area contributed by atoms with Crippen molar-refractivity contribution in [2.75, 3.05) is 13.2 Å². The summed E-state index contributed by atoms with van der Waals surface area (Å²) in [5.41, 5.74) is -0.507. The topological polar surface area (TPSA) is 77.8 Å². The van der Waals surface area contributed by atoms with E-state index in [1.54, 1.807) is 0 Å². The standard InChI is InChI=1S/C14H25NO4/c1-14(2,10-13(18)19)9-12(17)15-7-3-5-11(15)6-4-8-16/h11,16H,3-10H2,1-2H3,(H,18,19). The molecule has 110 valence electrons. The van der Waals surface area contributed by atoms with E-state index in [4.69, 9.17) is 10.2 Å². The van der Waals surface area contributed by atoms with E-state index in [-0.39, 0.29) is 31.4 Å². The quantitative estimate of drug-likeness (QED) is 0.738. The Labute approximate surface area is 114 Å². The van der Waals surface area contributed by atoms with Crippen LogP contribution in [0.3, 0.4) is 0 Å². The molecule has 5 nitrogen and oxygen atoms in total. The summed E-state index contributed by atoms with van der Waals surface area (Å²) in [6, 6.07) is 0.222. The van der Waals surface area contributed by atoms with Crippen molar-refractivity contribution in [1.82, 2.24) is 4.90 Å². The van der Waals surface area contributed by atoms with Crippen LogP contribution in [0.1, 0.15) is 52.4 Å². The maximum absolute atomic E-state index is 12.3. The molecule has 19 heavy (non-hydrogen) atoms. The fourth-order valence-electron chi connectivity index (χ4n) is 2.77. The normalized spacial score (nSPS) is 19.7. The smallest absolute Gasteiger partial charge is 0.303 e. The van der Waals surface area contributed by atoms with Crippen LogP contribution in [0, 0.1) is 5.41 Å². The van der Waals surface area contributed by atoms with Crippen molar-refractivity contribution in [3.8, 4) is 0 Å². The molecule has 1 rings (SSSR count). The van der Waals surface area contributed by atoms with Crippen molar-refractivity contribution >= 4 is 11.9 Å². The van der Waals surface area contributed by atoms with Crippen molar-refractivity contribution in [2.24, 2.45) is 5.41 Å². The highest BCUT2D eigenvalue weighted by atomic mass is 16.4. The third-order valence-electron chi connectivity index (χ3n) is 3.65. The number of carbonyl (C=O) groups is 2. The Bertz CT molecular complexity index is 327. The maximum atomic E-state index is 12.3. The SMILES string of the molecule is CC(C)(CC(=O)O)CC(=O)N1CCCC1CCCO. The zero-order valence-electron chi connectivity index (χ0n) is 11.9. The van der Waals surface area contributed by atoms with Gasteiger partial charge in [-0.25, -0.2) is 0 Å². The summed E-state index contributed by atoms with van der Waals surface area (Å²) in [5, 5.41) is 17.7. The van der Waals surface area contributed by atoms with Crippen LogP contribution in [0.2, 0.25) is 0 Å². The van der Waals surface area contributed by atoms with Crippen LogP contribution >= 0.6 is 0 Å². The lowest BCUT2D eigenvalue weighted by molar-refractivity contribution is -0.141. The number of aliphatic hydroxyl groups excluding tert-OH is 1. The molecule has 1 heterocycles. The molecule has 5 heteroatoms. The first-order valence-electron chi connectivity index (χ1n) is 6.98. The van der Waals surface area contributed by atoms with Gasteiger partial charge in [0.2, 0.25) is 5.91 Å². The second-order valence-corrected chi connectivity index (χ2v) is 6.16. The second kappa shape index (κ2) is 6.89. The second-order valence-electron chi connectivity index (χ2n) is 6.16. The Hall–Kier alpha value is -1.10. The Balaban J connectivity index is 2.54. The Morgan fingerprint density at radius 3 is 2.58 bits per heavy atom. The van der Waals surface area contributed by atoms with Gasteiger partial charge < -0.3 is 15.1 Å². The van der Waals surface area contributed by atoms with Gasteiger partial charge in [0, 0.05) is 25.6 Å². The average Bonchev–Trinajstić information content (AvgIpc) is 2.71. The summed E-state index contributed by atoms with van der Waals surface area (Å²) < 4.78 is 0. The number of hydrogen-bond acceptors (Lipinski definition) is 3. The highest BCUT2D eigenvalue weighted by molar-refractivity contribution is 5.78. The first-order chi connectivity index (χ1) is 8.85. The molecule has 0 radical (unpaired) electrons. The molecule has 0 aromatic carbocycles. The highest BCUT2D eigenvalue weighted by Crippen LogP contribution is 2.29. The zero-order chi connectivity index (χ0) is 14.5. The van der Waals surface area contributed by atoms with E-state index in [0.717, 1.165) is 25.8 Å². The number of carbonyl (C=O) groups excluding carboxylic acids is 1. The van der Waals surface area contributed by atoms with Crippen LogP contribution in [0.15, 0.2) is 0 Å². The largest absolute Gasteiger partial charge is 0.481 e. The van der Waals surface area contributed by atoms with Crippen molar-refractivity contribution in [3.05, 3.63) is 0 Å². The summed E-state index contributed by atoms with van der Waals surface area (Å²) in [6.07, 6.45) is 3.82. The molecule has 0 aromatic heterocycles. The lowest BCUT2D eigenvalue weighted by Crippen LogP contribution is -2.38. The minimum Gasteiger partial charge on any atom is -0.481 e. The van der Waals surface area contributed by atoms with Gasteiger partial charge in [0.15, 0.2) is 0 Å². The van der Waals surface area contributed by atoms with E-state index in [2.05, 4.69) is 0 Å². The third kappa shape index (κ3) is 5.19. The fourth-order valence-corrected chi connectivity index (χ4v) is 2.77. The molecule has 0 bridgehead atoms. The van der Waals surface area contributed by atoms with Crippen molar-refractivity contribution in [1.29, 1.82) is 0 Å². The van der Waals surface area contributed by atoms with Crippen LogP contribution in [0.4, 0.5) is 0 Å². The predicted octanol–water partition coefficient (Wildman–Crippen LogP) is 1.64. The van der Waals surface area contributed by atoms with Gasteiger partial charge in [0.25, 0.3) is 0 Å². The van der Waals surface area contributed by atoms with Gasteiger partial charge in [-0.15, -0.1) is 0 Å². The molecule has 2 N–H and O–H groups in total. The van der Waals surface area contributed by atoms with E-state index in [0.29, 0.717) is 6.42 Å². The number of carboxylic acid groups (broad SMARTS) is 1. The number of likely N-dealkylation sites (tertiary alicyclic amines) is 1. The van der Waals surface area contributed by atoms with Gasteiger partial charge in [0.1, 0.15) is 0 Å². The van der Waals surface area contributed by atoms with E-state index >= 15 is 0 Å². The van der Waals surface area contributed by atoms with Gasteiger partial charge in [-0.2, -0.15) is 0 Å². The molecule has 0 aromatic rings. The minimum absolute atomic E-state index is 0.00782. The van der Waals surface area contributed by atoms with Gasteiger partial charge in [-0.05, 0) is 31.1 Å². The van der Waals surface area contributed by atoms with Gasteiger partial charge in [0.05, 0.1) is 6.42 Å². The van der Waals surface area contributed by atoms with Crippen molar-refractivity contribution in [3.63, 3.8) is 0 Å². The van der Waals surface area contributed by atoms with Crippen LogP contribution in [0.5, 0.6) is 0 Å². The van der Waals surface area contributed by atoms with Gasteiger partial charge in [-0.3, -0.25) is 9.59 Å². The molecule has 0 spiro atoms. The predicted molar refractivity (Wildman–Crippen MR) is 71.7 cm³/mol. The Morgan fingerprint density at radius 2 is 2.00 bits per heavy atom. The van der Waals surface area contributed by atoms with E-state index < -0.39 is 11.4 Å². The summed E-state index contributed by atoms with van der Waals surface area (Å²) >= 11 is 0. The third-order valence-corrected chi connectivity index (χ3v) is 3.65. The molecule has 1 fully saturated rings. The number of amides is 1. The summed E-state index contributed by atoms with van der Waals surface area (Å²) in [6.45, 7) is 4.55. The lowest BCUT2D eigenvalue weighted by Gasteiger charge is -2.29. The van der Waals surface area contributed by atoms with Crippen LogP contribution in [-0.4, -0.2) is 46.2 Å². The van der Waals surface area contributed by atoms with E-state index in [1.165, 1.54) is 0 Å². The highest BCUT2D eigenvalue weighted by Gasteiger charge is 2.32. The van der Waals surface area contributed by atoms with Crippen LogP contribution in [0.25, 0.3) is 0 Å². The monoisotopic (exact) mass is 271 g/mol. The van der Waals surface area contributed by atoms with Crippen molar-refractivity contribution in [2.45, 2.75) is 58.4 Å². The average molecular weight is 271 g/mol. The lowest BCUT2D eigenvalue weighted by atomic mass is 9.85. The number of aliphatic hydroxyl groups is 1. The van der Waals surface area contributed by atoms with Gasteiger partial charge in [-0.1, -0.05) is 13.8 Å². The summed E-state index contributed by atoms with van der Waals surface area (Å²) in [5.74, 6) is -0.817. The Kier molecular flexibility index (Phi) is 5.79. The number of rotatable bonds is 7. The molecular weight excluding hydrogens is 246 g/mol. The first kappa shape index (κ1) is 16.0. The van der Waals surface area contributed by atoms with Crippen molar-refractivity contribution < 1.29 is 19.8 Å². The molecule has 1 amide bonds. The molecule has 0 saturated carbocycles. The zero-order valence-corrected chi connectivity index (χ0v) is 11.9. The fraction of sp³-hybridized carbons (Fsp3) is 0.857. The van der Waals surface area contributed by atoms with Crippen LogP contribution < -0.4 is 0 Å². The minimum atomic E-state index is -0.865. The number of nitrogens with zero attached hydrogens (tertiary/aromatic N) is 1.